The van der Waals surface area contributed by atoms with Crippen molar-refractivity contribution >= 4 is 5.91 Å². The molecular weight excluding hydrogens is 379 g/mol. The van der Waals surface area contributed by atoms with Crippen molar-refractivity contribution < 1.29 is 13.6 Å². The van der Waals surface area contributed by atoms with Crippen molar-refractivity contribution in [3.63, 3.8) is 0 Å². The van der Waals surface area contributed by atoms with Crippen LogP contribution in [-0.2, 0) is 17.8 Å². The highest BCUT2D eigenvalue weighted by Crippen LogP contribution is 2.32. The summed E-state index contributed by atoms with van der Waals surface area (Å²) in [4.78, 5) is 43.8. The summed E-state index contributed by atoms with van der Waals surface area (Å²) in [5.74, 6) is 0.526. The van der Waals surface area contributed by atoms with E-state index in [1.54, 1.807) is 23.2 Å². The first kappa shape index (κ1) is 18.9. The Morgan fingerprint density at radius 3 is 2.79 bits per heavy atom. The third-order valence-electron chi connectivity index (χ3n) is 4.92. The summed E-state index contributed by atoms with van der Waals surface area (Å²) in [5.41, 5.74) is -0.239. The monoisotopic (exact) mass is 398 g/mol. The predicted octanol–water partition coefficient (Wildman–Crippen LogP) is 1.62. The molecule has 1 aliphatic rings. The summed E-state index contributed by atoms with van der Waals surface area (Å²) >= 11 is 0. The molecular formula is C20H19FN4O4. The Morgan fingerprint density at radius 2 is 2.03 bits per heavy atom. The lowest BCUT2D eigenvalue weighted by atomic mass is 10.1. The van der Waals surface area contributed by atoms with E-state index >= 15 is 0 Å². The van der Waals surface area contributed by atoms with Crippen molar-refractivity contribution in [1.29, 1.82) is 0 Å². The van der Waals surface area contributed by atoms with Crippen LogP contribution in [0.4, 0.5) is 4.39 Å². The minimum atomic E-state index is -0.626. The van der Waals surface area contributed by atoms with Crippen LogP contribution in [0, 0.1) is 5.82 Å². The number of hydrogen-bond acceptors (Lipinski definition) is 5. The van der Waals surface area contributed by atoms with E-state index in [9.17, 15) is 18.8 Å². The Kier molecular flexibility index (Phi) is 5.11. The van der Waals surface area contributed by atoms with Gasteiger partial charge in [-0.2, -0.15) is 0 Å². The van der Waals surface area contributed by atoms with Crippen LogP contribution in [0.15, 0.2) is 56.7 Å². The third kappa shape index (κ3) is 4.18. The first-order valence-electron chi connectivity index (χ1n) is 9.28. The number of aromatic amines is 1. The lowest BCUT2D eigenvalue weighted by Crippen LogP contribution is -2.38. The van der Waals surface area contributed by atoms with Crippen LogP contribution in [0.1, 0.15) is 36.1 Å². The lowest BCUT2D eigenvalue weighted by Gasteiger charge is -2.22. The fourth-order valence-electron chi connectivity index (χ4n) is 3.49. The highest BCUT2D eigenvalue weighted by molar-refractivity contribution is 5.76. The van der Waals surface area contributed by atoms with Crippen LogP contribution in [0.25, 0.3) is 0 Å². The Hall–Kier alpha value is -3.49. The molecule has 1 aliphatic heterocycles. The van der Waals surface area contributed by atoms with Gasteiger partial charge in [0.05, 0.1) is 6.20 Å². The number of nitrogens with zero attached hydrogens (tertiary/aromatic N) is 3. The Labute approximate surface area is 164 Å². The molecule has 9 heteroatoms. The molecule has 0 spiro atoms. The van der Waals surface area contributed by atoms with Crippen LogP contribution in [-0.4, -0.2) is 31.9 Å². The zero-order valence-electron chi connectivity index (χ0n) is 15.5. The number of nitrogens with one attached hydrogen (secondary N) is 1. The second-order valence-electron chi connectivity index (χ2n) is 6.95. The van der Waals surface area contributed by atoms with Gasteiger partial charge < -0.3 is 9.32 Å². The zero-order valence-corrected chi connectivity index (χ0v) is 15.5. The maximum atomic E-state index is 13.0. The number of aromatic nitrogens is 3. The van der Waals surface area contributed by atoms with Crippen molar-refractivity contribution in [2.45, 2.75) is 31.8 Å². The molecule has 29 heavy (non-hydrogen) atoms. The highest BCUT2D eigenvalue weighted by Gasteiger charge is 2.33. The molecule has 0 saturated carbocycles. The maximum absolute atomic E-state index is 13.0. The summed E-state index contributed by atoms with van der Waals surface area (Å²) in [7, 11) is 0. The van der Waals surface area contributed by atoms with Gasteiger partial charge in [0.1, 0.15) is 24.2 Å². The van der Waals surface area contributed by atoms with Gasteiger partial charge in [-0.3, -0.25) is 19.1 Å². The van der Waals surface area contributed by atoms with Crippen molar-refractivity contribution in [2.24, 2.45) is 0 Å². The first-order valence-corrected chi connectivity index (χ1v) is 9.28. The number of carbonyl (C=O) groups is 1. The van der Waals surface area contributed by atoms with Gasteiger partial charge in [0.2, 0.25) is 11.8 Å². The summed E-state index contributed by atoms with van der Waals surface area (Å²) < 4.78 is 20.1. The number of halogens is 1. The van der Waals surface area contributed by atoms with Gasteiger partial charge in [0.25, 0.3) is 5.56 Å². The van der Waals surface area contributed by atoms with Gasteiger partial charge in [-0.1, -0.05) is 12.1 Å². The fourth-order valence-corrected chi connectivity index (χ4v) is 3.49. The normalized spacial score (nSPS) is 16.3. The SMILES string of the molecule is O=C(Cn1ccc(=O)[nH]c1=O)N1CCCC1c1ncc(Cc2ccc(F)cc2)o1. The van der Waals surface area contributed by atoms with Crippen LogP contribution in [0.3, 0.4) is 0 Å². The molecule has 3 aromatic rings. The quantitative estimate of drug-likeness (QED) is 0.704. The van der Waals surface area contributed by atoms with E-state index in [0.29, 0.717) is 31.0 Å². The molecule has 1 amide bonds. The molecule has 2 aromatic heterocycles. The topological polar surface area (TPSA) is 101 Å². The van der Waals surface area contributed by atoms with E-state index in [1.165, 1.54) is 24.4 Å². The van der Waals surface area contributed by atoms with E-state index in [0.717, 1.165) is 16.6 Å². The van der Waals surface area contributed by atoms with Crippen LogP contribution in [0.2, 0.25) is 0 Å². The molecule has 1 saturated heterocycles. The molecule has 1 aromatic carbocycles. The van der Waals surface area contributed by atoms with E-state index in [-0.39, 0.29) is 24.3 Å². The lowest BCUT2D eigenvalue weighted by molar-refractivity contribution is -0.133. The summed E-state index contributed by atoms with van der Waals surface area (Å²) in [6.45, 7) is 0.368. The standard InChI is InChI=1S/C20H19FN4O4/c21-14-5-3-13(4-6-14)10-15-11-22-19(29-15)16-2-1-8-25(16)18(27)12-24-9-7-17(26)23-20(24)28/h3-7,9,11,16H,1-2,8,10,12H2,(H,23,26,28). The summed E-state index contributed by atoms with van der Waals surface area (Å²) in [6, 6.07) is 7.05. The van der Waals surface area contributed by atoms with E-state index in [4.69, 9.17) is 4.42 Å². The van der Waals surface area contributed by atoms with E-state index < -0.39 is 11.2 Å². The fraction of sp³-hybridized carbons (Fsp3) is 0.300. The summed E-state index contributed by atoms with van der Waals surface area (Å²) in [5, 5.41) is 0. The predicted molar refractivity (Wildman–Crippen MR) is 101 cm³/mol. The number of rotatable bonds is 5. The molecule has 0 radical (unpaired) electrons. The average Bonchev–Trinajstić information content (AvgIpc) is 3.35. The van der Waals surface area contributed by atoms with Gasteiger partial charge >= 0.3 is 5.69 Å². The van der Waals surface area contributed by atoms with Crippen molar-refractivity contribution in [3.05, 3.63) is 86.6 Å². The molecule has 4 rings (SSSR count). The largest absolute Gasteiger partial charge is 0.443 e. The third-order valence-corrected chi connectivity index (χ3v) is 4.92. The van der Waals surface area contributed by atoms with E-state index in [2.05, 4.69) is 9.97 Å². The molecule has 0 bridgehead atoms. The second-order valence-corrected chi connectivity index (χ2v) is 6.95. The molecule has 150 valence electrons. The number of likely N-dealkylation sites (tertiary alicyclic amines) is 1. The number of benzene rings is 1. The molecule has 1 atom stereocenters. The molecule has 1 fully saturated rings. The number of hydrogen-bond donors (Lipinski definition) is 1. The van der Waals surface area contributed by atoms with Gasteiger partial charge in [0, 0.05) is 25.2 Å². The zero-order chi connectivity index (χ0) is 20.4. The van der Waals surface area contributed by atoms with E-state index in [1.807, 2.05) is 0 Å². The highest BCUT2D eigenvalue weighted by atomic mass is 19.1. The van der Waals surface area contributed by atoms with Crippen molar-refractivity contribution in [1.82, 2.24) is 19.4 Å². The second kappa shape index (κ2) is 7.86. The van der Waals surface area contributed by atoms with Gasteiger partial charge in [-0.25, -0.2) is 14.2 Å². The summed E-state index contributed by atoms with van der Waals surface area (Å²) in [6.07, 6.45) is 4.90. The van der Waals surface area contributed by atoms with Crippen molar-refractivity contribution in [2.75, 3.05) is 6.54 Å². The first-order chi connectivity index (χ1) is 14.0. The number of H-pyrrole nitrogens is 1. The molecule has 1 unspecified atom stereocenters. The maximum Gasteiger partial charge on any atom is 0.328 e. The number of carbonyl (C=O) groups excluding carboxylic acids is 1. The number of oxazole rings is 1. The number of amides is 1. The van der Waals surface area contributed by atoms with Crippen LogP contribution in [0.5, 0.6) is 0 Å². The minimum absolute atomic E-state index is 0.171. The smallest absolute Gasteiger partial charge is 0.328 e. The Bertz CT molecular complexity index is 1130. The van der Waals surface area contributed by atoms with Gasteiger partial charge in [-0.05, 0) is 30.5 Å². The van der Waals surface area contributed by atoms with Gasteiger partial charge in [-0.15, -0.1) is 0 Å². The molecule has 8 nitrogen and oxygen atoms in total. The Morgan fingerprint density at radius 1 is 1.24 bits per heavy atom. The Balaban J connectivity index is 1.47. The van der Waals surface area contributed by atoms with Crippen molar-refractivity contribution in [3.8, 4) is 0 Å². The molecule has 3 heterocycles. The molecule has 0 aliphatic carbocycles. The average molecular weight is 398 g/mol. The molecule has 1 N–H and O–H groups in total. The van der Waals surface area contributed by atoms with Crippen LogP contribution >= 0.6 is 0 Å². The minimum Gasteiger partial charge on any atom is -0.443 e. The van der Waals surface area contributed by atoms with Gasteiger partial charge in [0.15, 0.2) is 0 Å². The van der Waals surface area contributed by atoms with Crippen LogP contribution < -0.4 is 11.2 Å².